The number of carbonyl (C=O) groups excluding carboxylic acids is 1. The molecule has 1 aliphatic rings. The van der Waals surface area contributed by atoms with Gasteiger partial charge in [0.25, 0.3) is 0 Å². The molecule has 0 atom stereocenters. The Balaban J connectivity index is 1.29. The molecule has 0 aliphatic carbocycles. The van der Waals surface area contributed by atoms with Gasteiger partial charge in [-0.1, -0.05) is 17.8 Å². The summed E-state index contributed by atoms with van der Waals surface area (Å²) in [5, 5.41) is 16.2. The minimum atomic E-state index is -0.175. The Kier molecular flexibility index (Phi) is 4.45. The van der Waals surface area contributed by atoms with E-state index < -0.39 is 0 Å². The third kappa shape index (κ3) is 3.57. The number of nitrogens with one attached hydrogen (secondary N) is 1. The lowest BCUT2D eigenvalue weighted by atomic mass is 10.2. The lowest BCUT2D eigenvalue weighted by Gasteiger charge is -2.06. The average molecular weight is 406 g/mol. The van der Waals surface area contributed by atoms with Gasteiger partial charge in [0.2, 0.25) is 17.9 Å². The van der Waals surface area contributed by atoms with E-state index in [1.807, 2.05) is 30.3 Å². The number of amides is 1. The largest absolute Gasteiger partial charge is 0.454 e. The highest BCUT2D eigenvalue weighted by Crippen LogP contribution is 2.34. The molecule has 29 heavy (non-hydrogen) atoms. The van der Waals surface area contributed by atoms with E-state index in [2.05, 4.69) is 25.6 Å². The number of thioether (sulfide) groups is 1. The van der Waals surface area contributed by atoms with Gasteiger partial charge in [-0.3, -0.25) is 9.78 Å². The SMILES string of the molecule is O=C(CSc1nnc2ccc(-c3ccccn3)nn12)Nc1ccc2c(c1)OCO2. The van der Waals surface area contributed by atoms with E-state index in [4.69, 9.17) is 9.47 Å². The fraction of sp³-hybridized carbons (Fsp3) is 0.105. The van der Waals surface area contributed by atoms with Gasteiger partial charge in [-0.2, -0.15) is 9.61 Å². The predicted octanol–water partition coefficient (Wildman–Crippen LogP) is 2.65. The molecule has 0 spiro atoms. The smallest absolute Gasteiger partial charge is 0.234 e. The Morgan fingerprint density at radius 3 is 2.90 bits per heavy atom. The molecule has 0 bridgehead atoms. The van der Waals surface area contributed by atoms with E-state index in [1.165, 1.54) is 11.8 Å². The van der Waals surface area contributed by atoms with E-state index in [-0.39, 0.29) is 18.5 Å². The quantitative estimate of drug-likeness (QED) is 0.505. The Morgan fingerprint density at radius 1 is 1.07 bits per heavy atom. The molecule has 1 aromatic carbocycles. The minimum absolute atomic E-state index is 0.157. The normalized spacial score (nSPS) is 12.3. The summed E-state index contributed by atoms with van der Waals surface area (Å²) in [6.45, 7) is 0.191. The second-order valence-electron chi connectivity index (χ2n) is 6.09. The van der Waals surface area contributed by atoms with Crippen molar-refractivity contribution in [1.29, 1.82) is 0 Å². The van der Waals surface area contributed by atoms with Crippen LogP contribution < -0.4 is 14.8 Å². The van der Waals surface area contributed by atoms with E-state index in [0.29, 0.717) is 33.7 Å². The van der Waals surface area contributed by atoms with Gasteiger partial charge in [-0.15, -0.1) is 10.2 Å². The standard InChI is InChI=1S/C19H14N6O3S/c26-18(21-12-4-6-15-16(9-12)28-11-27-15)10-29-19-23-22-17-7-5-14(24-25(17)19)13-3-1-2-8-20-13/h1-9H,10-11H2,(H,21,26). The van der Waals surface area contributed by atoms with Crippen LogP contribution in [0.2, 0.25) is 0 Å². The number of rotatable bonds is 5. The first-order valence-electron chi connectivity index (χ1n) is 8.72. The average Bonchev–Trinajstić information content (AvgIpc) is 3.39. The van der Waals surface area contributed by atoms with Crippen LogP contribution in [-0.4, -0.2) is 43.2 Å². The van der Waals surface area contributed by atoms with Crippen LogP contribution in [0, 0.1) is 0 Å². The molecule has 9 nitrogen and oxygen atoms in total. The van der Waals surface area contributed by atoms with Gasteiger partial charge < -0.3 is 14.8 Å². The van der Waals surface area contributed by atoms with E-state index in [1.54, 1.807) is 28.9 Å². The molecule has 0 fully saturated rings. The zero-order valence-electron chi connectivity index (χ0n) is 15.0. The van der Waals surface area contributed by atoms with Crippen molar-refractivity contribution < 1.29 is 14.3 Å². The Morgan fingerprint density at radius 2 is 2.00 bits per heavy atom. The third-order valence-electron chi connectivity index (χ3n) is 4.15. The van der Waals surface area contributed by atoms with Crippen molar-refractivity contribution >= 4 is 29.0 Å². The summed E-state index contributed by atoms with van der Waals surface area (Å²) in [6.07, 6.45) is 1.71. The number of hydrogen-bond acceptors (Lipinski definition) is 8. The first kappa shape index (κ1) is 17.4. The van der Waals surface area contributed by atoms with Crippen LogP contribution in [0.5, 0.6) is 11.5 Å². The van der Waals surface area contributed by atoms with Crippen molar-refractivity contribution in [3.05, 3.63) is 54.7 Å². The number of anilines is 1. The molecular weight excluding hydrogens is 392 g/mol. The molecule has 0 saturated carbocycles. The number of benzene rings is 1. The van der Waals surface area contributed by atoms with Crippen molar-refractivity contribution in [1.82, 2.24) is 24.8 Å². The lowest BCUT2D eigenvalue weighted by Crippen LogP contribution is -2.14. The van der Waals surface area contributed by atoms with Crippen LogP contribution in [-0.2, 0) is 4.79 Å². The Hall–Kier alpha value is -3.66. The summed E-state index contributed by atoms with van der Waals surface area (Å²) < 4.78 is 12.2. The van der Waals surface area contributed by atoms with Gasteiger partial charge >= 0.3 is 0 Å². The van der Waals surface area contributed by atoms with Crippen molar-refractivity contribution in [2.75, 3.05) is 17.9 Å². The fourth-order valence-electron chi connectivity index (χ4n) is 2.81. The Bertz CT molecular complexity index is 1200. The number of ether oxygens (including phenoxy) is 2. The van der Waals surface area contributed by atoms with E-state index in [9.17, 15) is 4.79 Å². The second-order valence-corrected chi connectivity index (χ2v) is 7.03. The molecule has 144 valence electrons. The summed E-state index contributed by atoms with van der Waals surface area (Å²) in [5.74, 6) is 1.27. The maximum absolute atomic E-state index is 12.3. The van der Waals surface area contributed by atoms with Crippen LogP contribution in [0.1, 0.15) is 0 Å². The number of carbonyl (C=O) groups is 1. The van der Waals surface area contributed by atoms with Gasteiger partial charge in [-0.05, 0) is 36.4 Å². The third-order valence-corrected chi connectivity index (χ3v) is 5.07. The summed E-state index contributed by atoms with van der Waals surface area (Å²) in [5.41, 5.74) is 2.69. The summed E-state index contributed by atoms with van der Waals surface area (Å²) >= 11 is 1.25. The minimum Gasteiger partial charge on any atom is -0.454 e. The molecule has 1 amide bonds. The predicted molar refractivity (Wildman–Crippen MR) is 106 cm³/mol. The number of nitrogens with zero attached hydrogens (tertiary/aromatic N) is 5. The van der Waals surface area contributed by atoms with Gasteiger partial charge in [0, 0.05) is 18.0 Å². The van der Waals surface area contributed by atoms with Gasteiger partial charge in [0.1, 0.15) is 5.69 Å². The van der Waals surface area contributed by atoms with Crippen LogP contribution in [0.3, 0.4) is 0 Å². The second kappa shape index (κ2) is 7.40. The first-order valence-corrected chi connectivity index (χ1v) is 9.71. The van der Waals surface area contributed by atoms with Crippen LogP contribution in [0.4, 0.5) is 5.69 Å². The highest BCUT2D eigenvalue weighted by atomic mass is 32.2. The molecule has 0 saturated heterocycles. The van der Waals surface area contributed by atoms with Crippen LogP contribution in [0.25, 0.3) is 17.0 Å². The molecular formula is C19H14N6O3S. The van der Waals surface area contributed by atoms with Crippen molar-refractivity contribution in [3.63, 3.8) is 0 Å². The molecule has 10 heteroatoms. The molecule has 4 heterocycles. The molecule has 4 aromatic rings. The maximum Gasteiger partial charge on any atom is 0.234 e. The molecule has 5 rings (SSSR count). The summed E-state index contributed by atoms with van der Waals surface area (Å²) in [6, 6.07) is 14.6. The molecule has 3 aromatic heterocycles. The highest BCUT2D eigenvalue weighted by molar-refractivity contribution is 7.99. The van der Waals surface area contributed by atoms with Crippen LogP contribution >= 0.6 is 11.8 Å². The zero-order valence-corrected chi connectivity index (χ0v) is 15.8. The number of fused-ring (bicyclic) bond motifs is 2. The number of hydrogen-bond donors (Lipinski definition) is 1. The molecule has 1 aliphatic heterocycles. The monoisotopic (exact) mass is 406 g/mol. The molecule has 0 unspecified atom stereocenters. The summed E-state index contributed by atoms with van der Waals surface area (Å²) in [4.78, 5) is 16.6. The van der Waals surface area contributed by atoms with Crippen LogP contribution in [0.15, 0.2) is 59.9 Å². The van der Waals surface area contributed by atoms with Gasteiger partial charge in [0.15, 0.2) is 17.1 Å². The first-order chi connectivity index (χ1) is 14.3. The number of aromatic nitrogens is 5. The number of pyridine rings is 1. The highest BCUT2D eigenvalue weighted by Gasteiger charge is 2.15. The lowest BCUT2D eigenvalue weighted by molar-refractivity contribution is -0.113. The summed E-state index contributed by atoms with van der Waals surface area (Å²) in [7, 11) is 0. The topological polar surface area (TPSA) is 104 Å². The van der Waals surface area contributed by atoms with Crippen molar-refractivity contribution in [3.8, 4) is 22.9 Å². The van der Waals surface area contributed by atoms with Gasteiger partial charge in [-0.25, -0.2) is 0 Å². The van der Waals surface area contributed by atoms with Crippen molar-refractivity contribution in [2.45, 2.75) is 5.16 Å². The zero-order chi connectivity index (χ0) is 19.6. The van der Waals surface area contributed by atoms with Gasteiger partial charge in [0.05, 0.1) is 11.4 Å². The molecule has 0 radical (unpaired) electrons. The maximum atomic E-state index is 12.3. The van der Waals surface area contributed by atoms with Crippen molar-refractivity contribution in [2.24, 2.45) is 0 Å². The Labute approximate surface area is 169 Å². The molecule has 1 N–H and O–H groups in total. The van der Waals surface area contributed by atoms with E-state index >= 15 is 0 Å². The fourth-order valence-corrected chi connectivity index (χ4v) is 3.50. The van der Waals surface area contributed by atoms with E-state index in [0.717, 1.165) is 5.69 Å².